The molecule has 1 fully saturated rings. The molecular formula is C23H29N3O3. The number of ether oxygens (including phenoxy) is 2. The molecule has 6 nitrogen and oxygen atoms in total. The number of nitrogens with one attached hydrogen (secondary N) is 1. The van der Waals surface area contributed by atoms with Gasteiger partial charge in [-0.1, -0.05) is 30.3 Å². The van der Waals surface area contributed by atoms with Crippen molar-refractivity contribution in [2.24, 2.45) is 0 Å². The van der Waals surface area contributed by atoms with Gasteiger partial charge >= 0.3 is 0 Å². The number of nitrogens with zero attached hydrogens (tertiary/aromatic N) is 2. The Morgan fingerprint density at radius 2 is 1.72 bits per heavy atom. The van der Waals surface area contributed by atoms with Gasteiger partial charge in [-0.2, -0.15) is 0 Å². The molecule has 2 aromatic rings. The summed E-state index contributed by atoms with van der Waals surface area (Å²) >= 11 is 0. The number of hydrogen-bond acceptors (Lipinski definition) is 5. The van der Waals surface area contributed by atoms with Crippen LogP contribution in [0.1, 0.15) is 12.5 Å². The average molecular weight is 396 g/mol. The third kappa shape index (κ3) is 5.08. The first kappa shape index (κ1) is 19.7. The van der Waals surface area contributed by atoms with Crippen molar-refractivity contribution in [2.75, 3.05) is 51.3 Å². The number of anilines is 1. The Kier molecular flexibility index (Phi) is 6.32. The second kappa shape index (κ2) is 9.29. The summed E-state index contributed by atoms with van der Waals surface area (Å²) in [6, 6.07) is 16.0. The van der Waals surface area contributed by atoms with E-state index >= 15 is 0 Å². The number of rotatable bonds is 6. The number of piperazine rings is 1. The minimum Gasteiger partial charge on any atom is -0.486 e. The van der Waals surface area contributed by atoms with Crippen molar-refractivity contribution in [3.8, 4) is 11.5 Å². The number of amides is 1. The molecule has 0 aromatic heterocycles. The van der Waals surface area contributed by atoms with E-state index in [1.54, 1.807) is 0 Å². The molecule has 0 bridgehead atoms. The Bertz CT molecular complexity index is 819. The van der Waals surface area contributed by atoms with E-state index in [0.29, 0.717) is 19.0 Å². The summed E-state index contributed by atoms with van der Waals surface area (Å²) < 4.78 is 11.1. The minimum atomic E-state index is -0.167. The zero-order valence-corrected chi connectivity index (χ0v) is 17.0. The molecule has 0 radical (unpaired) electrons. The summed E-state index contributed by atoms with van der Waals surface area (Å²) in [5.41, 5.74) is 2.12. The minimum absolute atomic E-state index is 0.0133. The molecule has 0 saturated carbocycles. The Hall–Kier alpha value is -2.57. The lowest BCUT2D eigenvalue weighted by atomic mass is 10.1. The lowest BCUT2D eigenvalue weighted by Gasteiger charge is -2.37. The molecule has 29 heavy (non-hydrogen) atoms. The van der Waals surface area contributed by atoms with Crippen LogP contribution < -0.4 is 14.8 Å². The van der Waals surface area contributed by atoms with Crippen LogP contribution in [0.15, 0.2) is 48.5 Å². The van der Waals surface area contributed by atoms with Gasteiger partial charge in [-0.3, -0.25) is 9.69 Å². The molecule has 1 saturated heterocycles. The van der Waals surface area contributed by atoms with E-state index < -0.39 is 0 Å². The van der Waals surface area contributed by atoms with E-state index in [0.717, 1.165) is 50.6 Å². The van der Waals surface area contributed by atoms with Crippen molar-refractivity contribution in [3.63, 3.8) is 0 Å². The number of carbonyl (C=O) groups is 1. The monoisotopic (exact) mass is 395 g/mol. The van der Waals surface area contributed by atoms with Gasteiger partial charge in [0, 0.05) is 44.5 Å². The molecular weight excluding hydrogens is 366 g/mol. The lowest BCUT2D eigenvalue weighted by Crippen LogP contribution is -2.53. The molecule has 6 heteroatoms. The molecule has 1 amide bonds. The Labute approximate surface area is 172 Å². The largest absolute Gasteiger partial charge is 0.486 e. The molecule has 2 heterocycles. The van der Waals surface area contributed by atoms with Gasteiger partial charge in [-0.05, 0) is 31.0 Å². The van der Waals surface area contributed by atoms with Crippen molar-refractivity contribution < 1.29 is 14.3 Å². The van der Waals surface area contributed by atoms with Crippen LogP contribution in [0.25, 0.3) is 0 Å². The number of carbonyl (C=O) groups excluding carboxylic acids is 1. The third-order valence-corrected chi connectivity index (χ3v) is 5.70. The standard InChI is InChI=1S/C23H29N3O3/c1-18(23(27)24-20-7-8-21-22(17-20)29-16-15-28-21)26-13-11-25(12-14-26)10-9-19-5-3-2-4-6-19/h2-8,17-18H,9-16H2,1H3,(H,24,27). The number of hydrogen-bond donors (Lipinski definition) is 1. The number of benzene rings is 2. The van der Waals surface area contributed by atoms with Crippen LogP contribution in [0.2, 0.25) is 0 Å². The Morgan fingerprint density at radius 3 is 2.48 bits per heavy atom. The summed E-state index contributed by atoms with van der Waals surface area (Å²) in [6.45, 7) is 7.95. The molecule has 0 spiro atoms. The predicted molar refractivity (Wildman–Crippen MR) is 114 cm³/mol. The van der Waals surface area contributed by atoms with Crippen LogP contribution in [-0.2, 0) is 11.2 Å². The highest BCUT2D eigenvalue weighted by atomic mass is 16.6. The number of fused-ring (bicyclic) bond motifs is 1. The Balaban J connectivity index is 1.24. The maximum atomic E-state index is 12.7. The molecule has 2 aromatic carbocycles. The van der Waals surface area contributed by atoms with E-state index in [1.807, 2.05) is 25.1 Å². The van der Waals surface area contributed by atoms with E-state index in [9.17, 15) is 4.79 Å². The maximum Gasteiger partial charge on any atom is 0.241 e. The maximum absolute atomic E-state index is 12.7. The summed E-state index contributed by atoms with van der Waals surface area (Å²) in [4.78, 5) is 17.5. The lowest BCUT2D eigenvalue weighted by molar-refractivity contribution is -0.121. The first-order valence-corrected chi connectivity index (χ1v) is 10.4. The van der Waals surface area contributed by atoms with Crippen LogP contribution >= 0.6 is 0 Å². The average Bonchev–Trinajstić information content (AvgIpc) is 2.78. The zero-order valence-electron chi connectivity index (χ0n) is 17.0. The fraction of sp³-hybridized carbons (Fsp3) is 0.435. The zero-order chi connectivity index (χ0) is 20.1. The van der Waals surface area contributed by atoms with Gasteiger partial charge in [0.2, 0.25) is 5.91 Å². The smallest absolute Gasteiger partial charge is 0.241 e. The highest BCUT2D eigenvalue weighted by molar-refractivity contribution is 5.94. The second-order valence-corrected chi connectivity index (χ2v) is 7.64. The second-order valence-electron chi connectivity index (χ2n) is 7.64. The molecule has 154 valence electrons. The van der Waals surface area contributed by atoms with Gasteiger partial charge in [0.05, 0.1) is 6.04 Å². The molecule has 0 aliphatic carbocycles. The molecule has 4 rings (SSSR count). The van der Waals surface area contributed by atoms with Crippen molar-refractivity contribution in [3.05, 3.63) is 54.1 Å². The topological polar surface area (TPSA) is 54.0 Å². The van der Waals surface area contributed by atoms with Gasteiger partial charge in [-0.15, -0.1) is 0 Å². The predicted octanol–water partition coefficient (Wildman–Crippen LogP) is 2.65. The van der Waals surface area contributed by atoms with Crippen LogP contribution in [0.4, 0.5) is 5.69 Å². The van der Waals surface area contributed by atoms with Gasteiger partial charge in [0.15, 0.2) is 11.5 Å². The van der Waals surface area contributed by atoms with Gasteiger partial charge < -0.3 is 19.7 Å². The first-order chi connectivity index (χ1) is 14.2. The normalized spacial score (nSPS) is 18.2. The van der Waals surface area contributed by atoms with Gasteiger partial charge in [0.25, 0.3) is 0 Å². The van der Waals surface area contributed by atoms with Crippen molar-refractivity contribution in [2.45, 2.75) is 19.4 Å². The summed E-state index contributed by atoms with van der Waals surface area (Å²) in [7, 11) is 0. The molecule has 2 aliphatic rings. The van der Waals surface area contributed by atoms with E-state index in [1.165, 1.54) is 5.56 Å². The van der Waals surface area contributed by atoms with Crippen molar-refractivity contribution in [1.82, 2.24) is 9.80 Å². The molecule has 1 atom stereocenters. The molecule has 2 aliphatic heterocycles. The highest BCUT2D eigenvalue weighted by Crippen LogP contribution is 2.32. The molecule has 1 unspecified atom stereocenters. The Morgan fingerprint density at radius 1 is 1.00 bits per heavy atom. The third-order valence-electron chi connectivity index (χ3n) is 5.70. The fourth-order valence-corrected chi connectivity index (χ4v) is 3.84. The van der Waals surface area contributed by atoms with Crippen LogP contribution in [0.3, 0.4) is 0 Å². The van der Waals surface area contributed by atoms with Crippen LogP contribution in [0, 0.1) is 0 Å². The van der Waals surface area contributed by atoms with Crippen molar-refractivity contribution >= 4 is 11.6 Å². The van der Waals surface area contributed by atoms with Gasteiger partial charge in [0.1, 0.15) is 13.2 Å². The SMILES string of the molecule is CC(C(=O)Nc1ccc2c(c1)OCCO2)N1CCN(CCc2ccccc2)CC1. The van der Waals surface area contributed by atoms with Crippen LogP contribution in [-0.4, -0.2) is 67.7 Å². The first-order valence-electron chi connectivity index (χ1n) is 10.4. The summed E-state index contributed by atoms with van der Waals surface area (Å²) in [5, 5.41) is 3.02. The van der Waals surface area contributed by atoms with Crippen molar-refractivity contribution in [1.29, 1.82) is 0 Å². The van der Waals surface area contributed by atoms with Gasteiger partial charge in [-0.25, -0.2) is 0 Å². The fourth-order valence-electron chi connectivity index (χ4n) is 3.84. The molecule has 1 N–H and O–H groups in total. The van der Waals surface area contributed by atoms with E-state index in [-0.39, 0.29) is 11.9 Å². The van der Waals surface area contributed by atoms with Crippen LogP contribution in [0.5, 0.6) is 11.5 Å². The van der Waals surface area contributed by atoms with E-state index in [2.05, 4.69) is 45.4 Å². The highest BCUT2D eigenvalue weighted by Gasteiger charge is 2.25. The van der Waals surface area contributed by atoms with E-state index in [4.69, 9.17) is 9.47 Å². The summed E-state index contributed by atoms with van der Waals surface area (Å²) in [6.07, 6.45) is 1.07. The quantitative estimate of drug-likeness (QED) is 0.815. The summed E-state index contributed by atoms with van der Waals surface area (Å²) in [5.74, 6) is 1.43.